The van der Waals surface area contributed by atoms with Gasteiger partial charge in [-0.2, -0.15) is 0 Å². The predicted molar refractivity (Wildman–Crippen MR) is 53.5 cm³/mol. The summed E-state index contributed by atoms with van der Waals surface area (Å²) in [6, 6.07) is 9.04. The van der Waals surface area contributed by atoms with Crippen LogP contribution in [0.3, 0.4) is 0 Å². The molecule has 68 valence electrons. The van der Waals surface area contributed by atoms with Crippen molar-refractivity contribution in [2.24, 2.45) is 0 Å². The van der Waals surface area contributed by atoms with E-state index in [1.807, 2.05) is 18.2 Å². The maximum Gasteiger partial charge on any atom is 0.268 e. The summed E-state index contributed by atoms with van der Waals surface area (Å²) in [5, 5.41) is 2.43. The van der Waals surface area contributed by atoms with Gasteiger partial charge in [0.15, 0.2) is 0 Å². The molecule has 1 amide bonds. The fourth-order valence-corrected chi connectivity index (χ4v) is 1.00. The first kappa shape index (κ1) is 9.67. The summed E-state index contributed by atoms with van der Waals surface area (Å²) in [6.07, 6.45) is 0. The lowest BCUT2D eigenvalue weighted by atomic mass is 10.3. The van der Waals surface area contributed by atoms with Crippen molar-refractivity contribution in [2.45, 2.75) is 6.92 Å². The Morgan fingerprint density at radius 2 is 2.00 bits per heavy atom. The molecule has 0 atom stereocenters. The van der Waals surface area contributed by atoms with Gasteiger partial charge in [0, 0.05) is 6.92 Å². The van der Waals surface area contributed by atoms with E-state index >= 15 is 0 Å². The summed E-state index contributed by atoms with van der Waals surface area (Å²) in [5.74, 6) is 0.377. The van der Waals surface area contributed by atoms with Crippen molar-refractivity contribution in [1.29, 1.82) is 0 Å². The van der Waals surface area contributed by atoms with Gasteiger partial charge >= 0.3 is 0 Å². The van der Waals surface area contributed by atoms with Crippen LogP contribution < -0.4 is 10.1 Å². The number of thiocarbonyl (C=S) groups is 1. The van der Waals surface area contributed by atoms with Crippen LogP contribution in [0.25, 0.3) is 0 Å². The molecule has 0 bridgehead atoms. The smallest absolute Gasteiger partial charge is 0.268 e. The Kier molecular flexibility index (Phi) is 3.40. The quantitative estimate of drug-likeness (QED) is 0.690. The molecule has 0 aliphatic rings. The molecule has 0 fully saturated rings. The number of carbonyl (C=O) groups is 1. The molecule has 0 aromatic heterocycles. The zero-order valence-electron chi connectivity index (χ0n) is 7.11. The lowest BCUT2D eigenvalue weighted by molar-refractivity contribution is -0.117. The molecule has 0 saturated heterocycles. The second-order valence-corrected chi connectivity index (χ2v) is 2.75. The van der Waals surface area contributed by atoms with Crippen LogP contribution in [0.15, 0.2) is 30.3 Å². The average molecular weight is 195 g/mol. The number of nitrogens with one attached hydrogen (secondary N) is 1. The molecule has 0 radical (unpaired) electrons. The predicted octanol–water partition coefficient (Wildman–Crippen LogP) is 1.49. The Hall–Kier alpha value is -1.42. The van der Waals surface area contributed by atoms with Gasteiger partial charge in [-0.1, -0.05) is 18.2 Å². The van der Waals surface area contributed by atoms with Crippen LogP contribution in [0, 0.1) is 0 Å². The first-order chi connectivity index (χ1) is 6.18. The van der Waals surface area contributed by atoms with Crippen molar-refractivity contribution in [3.05, 3.63) is 30.3 Å². The molecule has 0 aliphatic heterocycles. The van der Waals surface area contributed by atoms with Gasteiger partial charge in [-0.3, -0.25) is 10.1 Å². The lowest BCUT2D eigenvalue weighted by Crippen LogP contribution is -2.30. The molecule has 4 heteroatoms. The number of carbonyl (C=O) groups excluding carboxylic acids is 1. The average Bonchev–Trinajstić information content (AvgIpc) is 2.04. The minimum Gasteiger partial charge on any atom is -0.432 e. The maximum atomic E-state index is 10.6. The second-order valence-electron chi connectivity index (χ2n) is 2.38. The van der Waals surface area contributed by atoms with Crippen molar-refractivity contribution >= 4 is 23.3 Å². The number of benzene rings is 1. The third-order valence-electron chi connectivity index (χ3n) is 1.23. The molecule has 0 saturated carbocycles. The number of amides is 1. The molecule has 0 unspecified atom stereocenters. The van der Waals surface area contributed by atoms with Gasteiger partial charge in [0.25, 0.3) is 5.17 Å². The zero-order chi connectivity index (χ0) is 9.68. The van der Waals surface area contributed by atoms with Gasteiger partial charge in [0.1, 0.15) is 5.75 Å². The summed E-state index contributed by atoms with van der Waals surface area (Å²) in [7, 11) is 0. The summed E-state index contributed by atoms with van der Waals surface area (Å²) in [6.45, 7) is 1.38. The molecule has 0 heterocycles. The Morgan fingerprint density at radius 3 is 2.54 bits per heavy atom. The Morgan fingerprint density at radius 1 is 1.38 bits per heavy atom. The number of ether oxygens (including phenoxy) is 1. The van der Waals surface area contributed by atoms with Crippen LogP contribution in [-0.4, -0.2) is 11.1 Å². The largest absolute Gasteiger partial charge is 0.432 e. The molecular formula is C9H9NO2S. The van der Waals surface area contributed by atoms with Crippen LogP contribution in [0.4, 0.5) is 0 Å². The Balaban J connectivity index is 2.50. The molecular weight excluding hydrogens is 186 g/mol. The fraction of sp³-hybridized carbons (Fsp3) is 0.111. The van der Waals surface area contributed by atoms with E-state index in [1.54, 1.807) is 12.1 Å². The number of rotatable bonds is 1. The van der Waals surface area contributed by atoms with Gasteiger partial charge in [-0.05, 0) is 24.4 Å². The highest BCUT2D eigenvalue weighted by atomic mass is 32.1. The molecule has 13 heavy (non-hydrogen) atoms. The van der Waals surface area contributed by atoms with Gasteiger partial charge < -0.3 is 4.74 Å². The molecule has 1 N–H and O–H groups in total. The van der Waals surface area contributed by atoms with Gasteiger partial charge in [0.2, 0.25) is 5.91 Å². The highest BCUT2D eigenvalue weighted by Gasteiger charge is 2.00. The number of para-hydroxylation sites is 1. The third-order valence-corrected chi connectivity index (χ3v) is 1.42. The Bertz CT molecular complexity index is 311. The van der Waals surface area contributed by atoms with Crippen molar-refractivity contribution in [3.63, 3.8) is 0 Å². The lowest BCUT2D eigenvalue weighted by Gasteiger charge is -2.05. The highest BCUT2D eigenvalue weighted by molar-refractivity contribution is 7.80. The van der Waals surface area contributed by atoms with Gasteiger partial charge in [-0.25, -0.2) is 0 Å². The summed E-state index contributed by atoms with van der Waals surface area (Å²) in [4.78, 5) is 10.6. The van der Waals surface area contributed by atoms with E-state index in [0.717, 1.165) is 0 Å². The minimum absolute atomic E-state index is 0.0682. The van der Waals surface area contributed by atoms with E-state index in [2.05, 4.69) is 5.32 Å². The van der Waals surface area contributed by atoms with E-state index in [0.29, 0.717) is 5.75 Å². The van der Waals surface area contributed by atoms with Crippen LogP contribution in [-0.2, 0) is 4.79 Å². The summed E-state index contributed by atoms with van der Waals surface area (Å²) < 4.78 is 5.12. The van der Waals surface area contributed by atoms with Crippen LogP contribution in [0.2, 0.25) is 0 Å². The van der Waals surface area contributed by atoms with E-state index in [1.165, 1.54) is 6.92 Å². The standard InChI is InChI=1S/C9H9NO2S/c1-7(11)10-9(13)12-8-5-3-2-4-6-8/h2-6H,1H3,(H,10,11,13). The third kappa shape index (κ3) is 3.66. The first-order valence-electron chi connectivity index (χ1n) is 3.73. The minimum atomic E-state index is -0.235. The normalized spacial score (nSPS) is 9.00. The van der Waals surface area contributed by atoms with Gasteiger partial charge in [0.05, 0.1) is 0 Å². The molecule has 1 rings (SSSR count). The molecule has 3 nitrogen and oxygen atoms in total. The Labute approximate surface area is 81.7 Å². The zero-order valence-corrected chi connectivity index (χ0v) is 7.93. The molecule has 0 aliphatic carbocycles. The van der Waals surface area contributed by atoms with Crippen LogP contribution in [0.5, 0.6) is 5.75 Å². The SMILES string of the molecule is CC(=O)NC(=S)Oc1ccccc1. The molecule has 1 aromatic rings. The first-order valence-corrected chi connectivity index (χ1v) is 4.14. The van der Waals surface area contributed by atoms with E-state index < -0.39 is 0 Å². The molecule has 1 aromatic carbocycles. The number of hydrogen-bond acceptors (Lipinski definition) is 3. The highest BCUT2D eigenvalue weighted by Crippen LogP contribution is 2.07. The van der Waals surface area contributed by atoms with Gasteiger partial charge in [-0.15, -0.1) is 0 Å². The van der Waals surface area contributed by atoms with Crippen molar-refractivity contribution in [3.8, 4) is 5.75 Å². The maximum absolute atomic E-state index is 10.6. The fourth-order valence-electron chi connectivity index (χ4n) is 0.765. The number of hydrogen-bond donors (Lipinski definition) is 1. The molecule has 0 spiro atoms. The van der Waals surface area contributed by atoms with Crippen LogP contribution >= 0.6 is 12.2 Å². The van der Waals surface area contributed by atoms with Crippen LogP contribution in [0.1, 0.15) is 6.92 Å². The summed E-state index contributed by atoms with van der Waals surface area (Å²) in [5.41, 5.74) is 0. The van der Waals surface area contributed by atoms with E-state index in [4.69, 9.17) is 17.0 Å². The second kappa shape index (κ2) is 4.57. The summed E-state index contributed by atoms with van der Waals surface area (Å²) >= 11 is 4.76. The van der Waals surface area contributed by atoms with Crippen molar-refractivity contribution in [1.82, 2.24) is 5.32 Å². The monoisotopic (exact) mass is 195 g/mol. The van der Waals surface area contributed by atoms with E-state index in [9.17, 15) is 4.79 Å². The topological polar surface area (TPSA) is 38.3 Å². The van der Waals surface area contributed by atoms with Crippen molar-refractivity contribution < 1.29 is 9.53 Å². The van der Waals surface area contributed by atoms with E-state index in [-0.39, 0.29) is 11.1 Å². The van der Waals surface area contributed by atoms with Crippen molar-refractivity contribution in [2.75, 3.05) is 0 Å².